The molecule has 0 aliphatic carbocycles. The molecule has 0 spiro atoms. The molecule has 1 aliphatic heterocycles. The Kier molecular flexibility index (Phi) is 7.51. The topological polar surface area (TPSA) is 91.7 Å². The number of hydrogen-bond acceptors (Lipinski definition) is 5. The number of halogens is 1. The number of allylic oxidation sites excluding steroid dienone is 1. The number of amides is 1. The van der Waals surface area contributed by atoms with E-state index in [9.17, 15) is 19.1 Å². The maximum atomic E-state index is 13.6. The van der Waals surface area contributed by atoms with Gasteiger partial charge in [-0.05, 0) is 66.6 Å². The predicted octanol–water partition coefficient (Wildman–Crippen LogP) is 4.19. The number of carbonyl (C=O) groups is 1. The monoisotopic (exact) mass is 545 g/mol. The summed E-state index contributed by atoms with van der Waals surface area (Å²) in [6, 6.07) is 20.6. The van der Waals surface area contributed by atoms with E-state index in [4.69, 9.17) is 9.47 Å². The fourth-order valence-electron chi connectivity index (χ4n) is 4.45. The second-order valence-electron chi connectivity index (χ2n) is 8.98. The van der Waals surface area contributed by atoms with Gasteiger partial charge in [-0.1, -0.05) is 24.3 Å². The second-order valence-corrected chi connectivity index (χ2v) is 9.98. The number of carbonyl (C=O) groups excluding carboxylic acids is 1. The number of aromatic nitrogens is 1. The van der Waals surface area contributed by atoms with Crippen LogP contribution in [0.2, 0.25) is 0 Å². The fraction of sp³-hybridized carbons (Fsp3) is 0.167. The molecule has 4 aromatic rings. The number of nitrogens with zero attached hydrogens (tertiary/aromatic N) is 1. The minimum atomic E-state index is -0.357. The number of benzene rings is 3. The summed E-state index contributed by atoms with van der Waals surface area (Å²) in [6.07, 6.45) is 0.523. The van der Waals surface area contributed by atoms with Gasteiger partial charge in [0.25, 0.3) is 0 Å². The van der Waals surface area contributed by atoms with Gasteiger partial charge in [0.15, 0.2) is 5.75 Å². The van der Waals surface area contributed by atoms with E-state index in [-0.39, 0.29) is 34.7 Å². The summed E-state index contributed by atoms with van der Waals surface area (Å²) in [5.41, 5.74) is 3.41. The van der Waals surface area contributed by atoms with Gasteiger partial charge >= 0.3 is 11.1 Å². The molecular weight excluding hydrogens is 519 g/mol. The zero-order valence-corrected chi connectivity index (χ0v) is 22.2. The Morgan fingerprint density at radius 2 is 1.67 bits per heavy atom. The van der Waals surface area contributed by atoms with Crippen LogP contribution in [0.5, 0.6) is 11.5 Å². The summed E-state index contributed by atoms with van der Waals surface area (Å²) in [5.74, 6) is 0.194. The van der Waals surface area contributed by atoms with Gasteiger partial charge in [0.05, 0.1) is 24.4 Å². The normalized spacial score (nSPS) is 14.4. The van der Waals surface area contributed by atoms with Crippen LogP contribution in [0.1, 0.15) is 18.9 Å². The van der Waals surface area contributed by atoms with Crippen molar-refractivity contribution in [2.75, 3.05) is 13.2 Å². The third-order valence-electron chi connectivity index (χ3n) is 6.44. The molecule has 198 valence electrons. The Morgan fingerprint density at radius 3 is 2.36 bits per heavy atom. The summed E-state index contributed by atoms with van der Waals surface area (Å²) in [4.78, 5) is 28.1. The summed E-state index contributed by atoms with van der Waals surface area (Å²) in [5, 5.41) is 9.96. The van der Waals surface area contributed by atoms with Crippen molar-refractivity contribution in [3.63, 3.8) is 0 Å². The number of rotatable bonds is 8. The first-order chi connectivity index (χ1) is 18.8. The molecule has 1 aromatic heterocycles. The molecule has 0 saturated heterocycles. The number of aliphatic hydroxyl groups is 1. The van der Waals surface area contributed by atoms with E-state index in [1.165, 1.54) is 12.1 Å². The van der Waals surface area contributed by atoms with E-state index < -0.39 is 0 Å². The third-order valence-corrected chi connectivity index (χ3v) is 7.43. The van der Waals surface area contributed by atoms with Crippen molar-refractivity contribution in [3.05, 3.63) is 99.3 Å². The van der Waals surface area contributed by atoms with Crippen LogP contribution in [0.25, 0.3) is 27.7 Å². The number of ether oxygens (including phenoxy) is 2. The average molecular weight is 546 g/mol. The van der Waals surface area contributed by atoms with Crippen molar-refractivity contribution < 1.29 is 28.8 Å². The summed E-state index contributed by atoms with van der Waals surface area (Å²) >= 11 is 1.01. The van der Waals surface area contributed by atoms with Crippen LogP contribution < -0.4 is 19.9 Å². The lowest BCUT2D eigenvalue weighted by molar-refractivity contribution is -0.374. The number of aryl methyl sites for hydroxylation is 1. The molecule has 2 heterocycles. The number of pyridine rings is 1. The van der Waals surface area contributed by atoms with Crippen LogP contribution in [0.3, 0.4) is 0 Å². The molecule has 3 aromatic carbocycles. The van der Waals surface area contributed by atoms with Gasteiger partial charge in [0.2, 0.25) is 5.43 Å². The number of aliphatic hydroxyl groups excluding tert-OH is 1. The second kappa shape index (κ2) is 11.2. The fourth-order valence-corrected chi connectivity index (χ4v) is 5.20. The van der Waals surface area contributed by atoms with Crippen molar-refractivity contribution >= 4 is 39.4 Å². The van der Waals surface area contributed by atoms with Crippen LogP contribution in [-0.2, 0) is 11.8 Å². The maximum absolute atomic E-state index is 13.6. The molecule has 0 saturated carbocycles. The maximum Gasteiger partial charge on any atom is 0.428 e. The molecule has 0 atom stereocenters. The molecule has 1 amide bonds. The molecule has 0 fully saturated rings. The quantitative estimate of drug-likeness (QED) is 0.255. The summed E-state index contributed by atoms with van der Waals surface area (Å²) in [6.45, 7) is 2.43. The van der Waals surface area contributed by atoms with Crippen LogP contribution in [0.15, 0.2) is 82.5 Å². The minimum absolute atomic E-state index is 0.122. The number of hydrogen-bond donors (Lipinski definition) is 2. The predicted molar refractivity (Wildman–Crippen MR) is 150 cm³/mol. The Labute approximate surface area is 228 Å². The molecule has 0 radical (unpaired) electrons. The smallest absolute Gasteiger partial charge is 0.428 e. The molecule has 0 bridgehead atoms. The highest BCUT2D eigenvalue weighted by atomic mass is 32.2. The molecule has 39 heavy (non-hydrogen) atoms. The highest BCUT2D eigenvalue weighted by Gasteiger charge is 2.31. The van der Waals surface area contributed by atoms with Crippen molar-refractivity contribution in [3.8, 4) is 22.8 Å². The van der Waals surface area contributed by atoms with Crippen LogP contribution in [0, 0.1) is 5.82 Å². The number of fused-ring (bicyclic) bond motifs is 1. The Morgan fingerprint density at radius 1 is 0.974 bits per heavy atom. The van der Waals surface area contributed by atoms with Crippen LogP contribution in [-0.4, -0.2) is 34.0 Å². The van der Waals surface area contributed by atoms with Crippen LogP contribution in [0.4, 0.5) is 4.39 Å². The van der Waals surface area contributed by atoms with Gasteiger partial charge in [0, 0.05) is 36.2 Å². The largest absolute Gasteiger partial charge is 0.493 e. The standard InChI is InChI=1S/C30H25FN2O5S/c1-18(28-29(35)32-30(36)39-28)19-10-14-22(15-11-19)37-16-5-17-38-27-25(20-8-12-21(31)13-9-20)33(2)24-7-4-3-6-23(24)26(27)34/h3-4,6-15H,5,16-17H2,1-2H3,(H,32,35,36)/p+1/b28-18+. The lowest BCUT2D eigenvalue weighted by atomic mass is 10.1. The average Bonchev–Trinajstić information content (AvgIpc) is 3.29. The van der Waals surface area contributed by atoms with Crippen molar-refractivity contribution in [2.24, 2.45) is 7.05 Å². The zero-order chi connectivity index (χ0) is 27.5. The Bertz CT molecular complexity index is 1680. The van der Waals surface area contributed by atoms with Gasteiger partial charge in [-0.25, -0.2) is 9.18 Å². The van der Waals surface area contributed by atoms with E-state index in [1.54, 1.807) is 18.2 Å². The minimum Gasteiger partial charge on any atom is -0.493 e. The molecule has 9 heteroatoms. The van der Waals surface area contributed by atoms with E-state index in [1.807, 2.05) is 61.0 Å². The molecular formula is C30H26FN2O5S+. The van der Waals surface area contributed by atoms with Crippen molar-refractivity contribution in [1.82, 2.24) is 4.57 Å². The third kappa shape index (κ3) is 5.44. The van der Waals surface area contributed by atoms with Gasteiger partial charge in [-0.3, -0.25) is 4.79 Å². The molecule has 2 N–H and O–H groups in total. The number of thioether (sulfide) groups is 1. The first kappa shape index (κ1) is 26.2. The Hall–Kier alpha value is -4.37. The molecule has 7 nitrogen and oxygen atoms in total. The molecule has 1 aliphatic rings. The van der Waals surface area contributed by atoms with Crippen LogP contribution >= 0.6 is 11.8 Å². The van der Waals surface area contributed by atoms with Gasteiger partial charge in [-0.2, -0.15) is 0 Å². The van der Waals surface area contributed by atoms with E-state index in [0.717, 1.165) is 28.4 Å². The van der Waals surface area contributed by atoms with Gasteiger partial charge in [0.1, 0.15) is 16.5 Å². The highest BCUT2D eigenvalue weighted by Crippen LogP contribution is 2.31. The van der Waals surface area contributed by atoms with Crippen molar-refractivity contribution in [1.29, 1.82) is 0 Å². The number of nitrogens with one attached hydrogen (secondary N) is 1. The summed E-state index contributed by atoms with van der Waals surface area (Å²) < 4.78 is 27.3. The van der Waals surface area contributed by atoms with E-state index >= 15 is 0 Å². The van der Waals surface area contributed by atoms with E-state index in [2.05, 4.69) is 4.99 Å². The first-order valence-corrected chi connectivity index (χ1v) is 13.1. The first-order valence-electron chi connectivity index (χ1n) is 12.3. The van der Waals surface area contributed by atoms with Gasteiger partial charge in [-0.15, -0.1) is 4.99 Å². The molecule has 0 unspecified atom stereocenters. The van der Waals surface area contributed by atoms with E-state index in [0.29, 0.717) is 40.3 Å². The van der Waals surface area contributed by atoms with Crippen molar-refractivity contribution in [2.45, 2.75) is 13.3 Å². The lowest BCUT2D eigenvalue weighted by Gasteiger charge is -2.18. The SMILES string of the molecule is C/C(=C1\SC(O)=[NH+]C1=O)c1ccc(OCCCOc2c(-c3ccc(F)cc3)n(C)c3ccccc3c2=O)cc1. The zero-order valence-electron chi connectivity index (χ0n) is 21.4. The number of para-hydroxylation sites is 1. The lowest BCUT2D eigenvalue weighted by Crippen LogP contribution is -2.73. The molecule has 5 rings (SSSR count). The Balaban J connectivity index is 1.26. The highest BCUT2D eigenvalue weighted by molar-refractivity contribution is 8.17. The van der Waals surface area contributed by atoms with Gasteiger partial charge < -0.3 is 19.1 Å². The summed E-state index contributed by atoms with van der Waals surface area (Å²) in [7, 11) is 1.86.